The molecular formula is C35H42ClN3O5. The fourth-order valence-corrected chi connectivity index (χ4v) is 5.49. The largest absolute Gasteiger partial charge is 0.508 e. The summed E-state index contributed by atoms with van der Waals surface area (Å²) in [7, 11) is 0. The van der Waals surface area contributed by atoms with Crippen molar-refractivity contribution in [2.75, 3.05) is 5.32 Å². The van der Waals surface area contributed by atoms with Gasteiger partial charge in [-0.3, -0.25) is 9.59 Å². The molecule has 0 radical (unpaired) electrons. The van der Waals surface area contributed by atoms with Crippen molar-refractivity contribution in [1.29, 1.82) is 0 Å². The van der Waals surface area contributed by atoms with E-state index in [0.717, 1.165) is 23.1 Å². The van der Waals surface area contributed by atoms with E-state index in [1.807, 2.05) is 50.2 Å². The predicted octanol–water partition coefficient (Wildman–Crippen LogP) is 6.97. The second-order valence-corrected chi connectivity index (χ2v) is 12.9. The number of hydrogen-bond donors (Lipinski definition) is 3. The number of ether oxygens (including phenoxy) is 1. The molecule has 3 aromatic rings. The molecule has 1 saturated carbocycles. The van der Waals surface area contributed by atoms with Crippen LogP contribution in [-0.4, -0.2) is 45.6 Å². The number of phenolic OH excluding ortho intramolecular Hbond substituents is 1. The summed E-state index contributed by atoms with van der Waals surface area (Å²) in [4.78, 5) is 43.6. The molecule has 3 N–H and O–H groups in total. The Bertz CT molecular complexity index is 1460. The maximum Gasteiger partial charge on any atom is 0.408 e. The van der Waals surface area contributed by atoms with E-state index in [2.05, 4.69) is 17.6 Å². The number of benzene rings is 3. The maximum atomic E-state index is 14.7. The Kier molecular flexibility index (Phi) is 10.3. The van der Waals surface area contributed by atoms with Gasteiger partial charge >= 0.3 is 6.09 Å². The van der Waals surface area contributed by atoms with Crippen LogP contribution in [0, 0.1) is 12.8 Å². The molecule has 0 aliphatic heterocycles. The number of carbonyl (C=O) groups is 3. The lowest BCUT2D eigenvalue weighted by Gasteiger charge is -2.35. The first-order chi connectivity index (χ1) is 20.8. The minimum absolute atomic E-state index is 0.0901. The zero-order valence-corrected chi connectivity index (χ0v) is 26.9. The molecule has 234 valence electrons. The number of amides is 3. The summed E-state index contributed by atoms with van der Waals surface area (Å²) in [5.41, 5.74) is 2.97. The van der Waals surface area contributed by atoms with Gasteiger partial charge in [0.15, 0.2) is 0 Å². The number of anilines is 1. The Morgan fingerprint density at radius 1 is 1.02 bits per heavy atom. The van der Waals surface area contributed by atoms with Crippen molar-refractivity contribution < 1.29 is 24.2 Å². The molecule has 4 atom stereocenters. The Balaban J connectivity index is 1.77. The number of aryl methyl sites for hydroxylation is 2. The molecule has 0 spiro atoms. The van der Waals surface area contributed by atoms with Gasteiger partial charge in [0.2, 0.25) is 5.91 Å². The number of carbonyl (C=O) groups excluding carboxylic acids is 3. The van der Waals surface area contributed by atoms with Crippen LogP contribution < -0.4 is 10.6 Å². The van der Waals surface area contributed by atoms with E-state index in [9.17, 15) is 19.5 Å². The molecule has 0 aromatic heterocycles. The Morgan fingerprint density at radius 2 is 1.64 bits per heavy atom. The highest BCUT2D eigenvalue weighted by molar-refractivity contribution is 6.34. The monoisotopic (exact) mass is 619 g/mol. The van der Waals surface area contributed by atoms with Crippen LogP contribution in [-0.2, 0) is 27.2 Å². The van der Waals surface area contributed by atoms with Crippen LogP contribution in [0.15, 0.2) is 66.7 Å². The first-order valence-electron chi connectivity index (χ1n) is 15.0. The summed E-state index contributed by atoms with van der Waals surface area (Å²) in [6.45, 7) is 11.2. The van der Waals surface area contributed by atoms with E-state index in [1.54, 1.807) is 43.9 Å². The van der Waals surface area contributed by atoms with Crippen LogP contribution in [0.4, 0.5) is 10.5 Å². The molecule has 0 heterocycles. The van der Waals surface area contributed by atoms with E-state index >= 15 is 0 Å². The normalized spacial score (nSPS) is 17.2. The number of rotatable bonds is 10. The summed E-state index contributed by atoms with van der Waals surface area (Å²) < 4.78 is 5.52. The number of hydrogen-bond acceptors (Lipinski definition) is 5. The number of halogens is 1. The SMILES string of the molecule is CCc1ccc(C(C(=O)Nc2c(C)cccc2Cl)N(C(=O)C(Cc2ccc(O)cc2)NC(=O)OC(C)(C)C)C2CC2C)cc1. The topological polar surface area (TPSA) is 108 Å². The van der Waals surface area contributed by atoms with Gasteiger partial charge in [-0.1, -0.05) is 74.0 Å². The fraction of sp³-hybridized carbons (Fsp3) is 0.400. The van der Waals surface area contributed by atoms with Crippen LogP contribution in [0.2, 0.25) is 5.02 Å². The molecule has 44 heavy (non-hydrogen) atoms. The molecule has 4 rings (SSSR count). The van der Waals surface area contributed by atoms with Gasteiger partial charge in [0, 0.05) is 12.5 Å². The van der Waals surface area contributed by atoms with E-state index in [0.29, 0.717) is 22.7 Å². The molecule has 1 aliphatic carbocycles. The van der Waals surface area contributed by atoms with Gasteiger partial charge in [-0.2, -0.15) is 0 Å². The van der Waals surface area contributed by atoms with Crippen molar-refractivity contribution in [3.63, 3.8) is 0 Å². The molecule has 3 amide bonds. The van der Waals surface area contributed by atoms with Gasteiger partial charge in [-0.25, -0.2) is 4.79 Å². The van der Waals surface area contributed by atoms with E-state index < -0.39 is 35.6 Å². The summed E-state index contributed by atoms with van der Waals surface area (Å²) in [5.74, 6) is -0.568. The van der Waals surface area contributed by atoms with E-state index in [1.165, 1.54) is 12.1 Å². The third-order valence-corrected chi connectivity index (χ3v) is 8.06. The van der Waals surface area contributed by atoms with Crippen LogP contribution in [0.1, 0.15) is 69.3 Å². The lowest BCUT2D eigenvalue weighted by molar-refractivity contribution is -0.141. The fourth-order valence-electron chi connectivity index (χ4n) is 5.23. The van der Waals surface area contributed by atoms with Crippen LogP contribution in [0.5, 0.6) is 5.75 Å². The van der Waals surface area contributed by atoms with Crippen molar-refractivity contribution in [3.05, 3.63) is 94.0 Å². The van der Waals surface area contributed by atoms with Crippen LogP contribution >= 0.6 is 11.6 Å². The Labute approximate surface area is 264 Å². The predicted molar refractivity (Wildman–Crippen MR) is 173 cm³/mol. The van der Waals surface area contributed by atoms with Crippen molar-refractivity contribution in [1.82, 2.24) is 10.2 Å². The third-order valence-electron chi connectivity index (χ3n) is 7.74. The zero-order chi connectivity index (χ0) is 32.2. The quantitative estimate of drug-likeness (QED) is 0.227. The second kappa shape index (κ2) is 13.7. The lowest BCUT2D eigenvalue weighted by Crippen LogP contribution is -2.54. The van der Waals surface area contributed by atoms with E-state index in [-0.39, 0.29) is 24.1 Å². The average molecular weight is 620 g/mol. The molecule has 8 nitrogen and oxygen atoms in total. The average Bonchev–Trinajstić information content (AvgIpc) is 3.68. The molecule has 4 unspecified atom stereocenters. The number of phenols is 1. The van der Waals surface area contributed by atoms with Gasteiger partial charge in [-0.05, 0) is 86.9 Å². The first kappa shape index (κ1) is 32.9. The molecule has 9 heteroatoms. The highest BCUT2D eigenvalue weighted by Crippen LogP contribution is 2.41. The molecule has 1 fully saturated rings. The summed E-state index contributed by atoms with van der Waals surface area (Å²) in [5, 5.41) is 16.0. The summed E-state index contributed by atoms with van der Waals surface area (Å²) in [6, 6.07) is 17.3. The van der Waals surface area contributed by atoms with Gasteiger partial charge < -0.3 is 25.4 Å². The number of alkyl carbamates (subject to hydrolysis) is 1. The Morgan fingerprint density at radius 3 is 2.18 bits per heavy atom. The van der Waals surface area contributed by atoms with Crippen molar-refractivity contribution >= 4 is 35.2 Å². The van der Waals surface area contributed by atoms with Gasteiger partial charge in [0.25, 0.3) is 5.91 Å². The van der Waals surface area contributed by atoms with E-state index in [4.69, 9.17) is 16.3 Å². The highest BCUT2D eigenvalue weighted by atomic mass is 35.5. The van der Waals surface area contributed by atoms with Crippen molar-refractivity contribution in [3.8, 4) is 5.75 Å². The first-order valence-corrected chi connectivity index (χ1v) is 15.4. The number of nitrogens with zero attached hydrogens (tertiary/aromatic N) is 1. The molecule has 1 aliphatic rings. The third kappa shape index (κ3) is 8.32. The maximum absolute atomic E-state index is 14.7. The molecule has 3 aromatic carbocycles. The van der Waals surface area contributed by atoms with Crippen molar-refractivity contribution in [2.24, 2.45) is 5.92 Å². The molecular weight excluding hydrogens is 578 g/mol. The van der Waals surface area contributed by atoms with Crippen molar-refractivity contribution in [2.45, 2.75) is 84.5 Å². The molecule has 0 saturated heterocycles. The second-order valence-electron chi connectivity index (χ2n) is 12.5. The standard InChI is InChI=1S/C35H42ClN3O5/c1-7-23-11-15-25(16-12-23)31(32(41)38-30-21(2)9-8-10-27(30)36)39(29-19-22(29)3)33(42)28(37-34(43)44-35(4,5)6)20-24-13-17-26(40)18-14-24/h8-18,22,28-29,31,40H,7,19-20H2,1-6H3,(H,37,43)(H,38,41). The number of para-hydroxylation sites is 1. The van der Waals surface area contributed by atoms with Crippen LogP contribution in [0.3, 0.4) is 0 Å². The summed E-state index contributed by atoms with van der Waals surface area (Å²) >= 11 is 6.49. The molecule has 0 bridgehead atoms. The highest BCUT2D eigenvalue weighted by Gasteiger charge is 2.48. The van der Waals surface area contributed by atoms with Gasteiger partial charge in [0.1, 0.15) is 23.4 Å². The number of nitrogens with one attached hydrogen (secondary N) is 2. The van der Waals surface area contributed by atoms with Gasteiger partial charge in [-0.15, -0.1) is 0 Å². The van der Waals surface area contributed by atoms with Gasteiger partial charge in [0.05, 0.1) is 10.7 Å². The summed E-state index contributed by atoms with van der Waals surface area (Å²) in [6.07, 6.45) is 0.931. The minimum Gasteiger partial charge on any atom is -0.508 e. The number of aromatic hydroxyl groups is 1. The smallest absolute Gasteiger partial charge is 0.408 e. The Hall–Kier alpha value is -4.04. The zero-order valence-electron chi connectivity index (χ0n) is 26.2. The lowest BCUT2D eigenvalue weighted by atomic mass is 9.98. The van der Waals surface area contributed by atoms with Crippen LogP contribution in [0.25, 0.3) is 0 Å². The minimum atomic E-state index is -1.05.